The predicted octanol–water partition coefficient (Wildman–Crippen LogP) is 2.63. The second kappa shape index (κ2) is 6.55. The monoisotopic (exact) mass is 261 g/mol. The summed E-state index contributed by atoms with van der Waals surface area (Å²) in [7, 11) is 0. The number of hydrogen-bond acceptors (Lipinski definition) is 3. The van der Waals surface area contributed by atoms with Gasteiger partial charge in [0.05, 0.1) is 0 Å². The van der Waals surface area contributed by atoms with Crippen LogP contribution >= 0.6 is 0 Å². The molecule has 1 aliphatic rings. The Hall–Kier alpha value is -1.58. The molecule has 0 unspecified atom stereocenters. The lowest BCUT2D eigenvalue weighted by molar-refractivity contribution is 0.0761. The van der Waals surface area contributed by atoms with Gasteiger partial charge in [-0.3, -0.25) is 4.79 Å². The number of aromatic nitrogens is 1. The molecule has 0 saturated carbocycles. The van der Waals surface area contributed by atoms with E-state index >= 15 is 0 Å². The van der Waals surface area contributed by atoms with E-state index in [2.05, 4.69) is 11.9 Å². The highest BCUT2D eigenvalue weighted by molar-refractivity contribution is 5.95. The number of nitrogens with zero attached hydrogens (tertiary/aromatic N) is 2. The number of likely N-dealkylation sites (tertiary alicyclic amines) is 1. The SMILES string of the molecule is CCCc1cc(C(=O)N2CCCCCC2)cc(N)n1. The van der Waals surface area contributed by atoms with Crippen LogP contribution in [0.2, 0.25) is 0 Å². The lowest BCUT2D eigenvalue weighted by atomic mass is 10.1. The van der Waals surface area contributed by atoms with Gasteiger partial charge < -0.3 is 10.6 Å². The van der Waals surface area contributed by atoms with Crippen molar-refractivity contribution in [2.24, 2.45) is 0 Å². The average Bonchev–Trinajstić information content (AvgIpc) is 2.66. The van der Waals surface area contributed by atoms with Crippen LogP contribution in [-0.4, -0.2) is 28.9 Å². The number of amides is 1. The molecule has 1 fully saturated rings. The van der Waals surface area contributed by atoms with Gasteiger partial charge in [-0.1, -0.05) is 26.2 Å². The molecule has 2 N–H and O–H groups in total. The quantitative estimate of drug-likeness (QED) is 0.910. The second-order valence-electron chi connectivity index (χ2n) is 5.23. The van der Waals surface area contributed by atoms with Gasteiger partial charge in [0.2, 0.25) is 0 Å². The van der Waals surface area contributed by atoms with Crippen molar-refractivity contribution in [3.8, 4) is 0 Å². The van der Waals surface area contributed by atoms with Crippen LogP contribution in [0.4, 0.5) is 5.82 Å². The van der Waals surface area contributed by atoms with Crippen LogP contribution in [0.1, 0.15) is 55.1 Å². The number of nitrogen functional groups attached to an aromatic ring is 1. The van der Waals surface area contributed by atoms with E-state index < -0.39 is 0 Å². The van der Waals surface area contributed by atoms with Crippen LogP contribution in [0, 0.1) is 0 Å². The van der Waals surface area contributed by atoms with E-state index in [4.69, 9.17) is 5.73 Å². The largest absolute Gasteiger partial charge is 0.384 e. The summed E-state index contributed by atoms with van der Waals surface area (Å²) in [5.74, 6) is 0.553. The number of carbonyl (C=O) groups excluding carboxylic acids is 1. The summed E-state index contributed by atoms with van der Waals surface area (Å²) in [6.45, 7) is 3.83. The summed E-state index contributed by atoms with van der Waals surface area (Å²) in [6, 6.07) is 3.60. The molecule has 0 aromatic carbocycles. The zero-order valence-corrected chi connectivity index (χ0v) is 11.7. The van der Waals surface area contributed by atoms with Gasteiger partial charge in [0.15, 0.2) is 0 Å². The highest BCUT2D eigenvalue weighted by Gasteiger charge is 2.18. The summed E-state index contributed by atoms with van der Waals surface area (Å²) in [5, 5.41) is 0. The van der Waals surface area contributed by atoms with Crippen LogP contribution in [0.15, 0.2) is 12.1 Å². The number of carbonyl (C=O) groups is 1. The third kappa shape index (κ3) is 3.69. The van der Waals surface area contributed by atoms with Crippen molar-refractivity contribution in [3.63, 3.8) is 0 Å². The molecule has 0 spiro atoms. The van der Waals surface area contributed by atoms with E-state index in [0.717, 1.165) is 44.5 Å². The van der Waals surface area contributed by atoms with E-state index in [1.54, 1.807) is 6.07 Å². The molecule has 1 aromatic heterocycles. The lowest BCUT2D eigenvalue weighted by Gasteiger charge is -2.20. The van der Waals surface area contributed by atoms with Gasteiger partial charge in [0, 0.05) is 24.3 Å². The van der Waals surface area contributed by atoms with Crippen molar-refractivity contribution in [1.82, 2.24) is 9.88 Å². The lowest BCUT2D eigenvalue weighted by Crippen LogP contribution is -2.32. The number of aryl methyl sites for hydroxylation is 1. The Labute approximate surface area is 115 Å². The summed E-state index contributed by atoms with van der Waals surface area (Å²) in [6.07, 6.45) is 6.54. The highest BCUT2D eigenvalue weighted by Crippen LogP contribution is 2.16. The Morgan fingerprint density at radius 2 is 1.95 bits per heavy atom. The molecule has 1 saturated heterocycles. The van der Waals surface area contributed by atoms with Crippen molar-refractivity contribution < 1.29 is 4.79 Å². The normalized spacial score (nSPS) is 16.2. The van der Waals surface area contributed by atoms with Crippen LogP contribution in [0.3, 0.4) is 0 Å². The van der Waals surface area contributed by atoms with Crippen LogP contribution in [0.25, 0.3) is 0 Å². The van der Waals surface area contributed by atoms with Gasteiger partial charge in [-0.05, 0) is 31.4 Å². The molecule has 0 radical (unpaired) electrons. The predicted molar refractivity (Wildman–Crippen MR) is 77.0 cm³/mol. The first-order valence-electron chi connectivity index (χ1n) is 7.26. The summed E-state index contributed by atoms with van der Waals surface area (Å²) in [4.78, 5) is 18.7. The van der Waals surface area contributed by atoms with Crippen molar-refractivity contribution in [2.45, 2.75) is 45.4 Å². The Bertz CT molecular complexity index is 437. The van der Waals surface area contributed by atoms with Crippen LogP contribution < -0.4 is 5.73 Å². The Balaban J connectivity index is 2.17. The fourth-order valence-electron chi connectivity index (χ4n) is 2.57. The molecule has 104 valence electrons. The molecule has 4 heteroatoms. The molecule has 1 aliphatic heterocycles. The van der Waals surface area contributed by atoms with E-state index in [1.165, 1.54) is 12.8 Å². The molecule has 1 aromatic rings. The minimum absolute atomic E-state index is 0.105. The minimum Gasteiger partial charge on any atom is -0.384 e. The maximum absolute atomic E-state index is 12.5. The molecule has 0 bridgehead atoms. The van der Waals surface area contributed by atoms with Gasteiger partial charge in [-0.25, -0.2) is 4.98 Å². The average molecular weight is 261 g/mol. The van der Waals surface area contributed by atoms with E-state index in [-0.39, 0.29) is 5.91 Å². The summed E-state index contributed by atoms with van der Waals surface area (Å²) < 4.78 is 0. The molecule has 0 aliphatic carbocycles. The van der Waals surface area contributed by atoms with Crippen LogP contribution in [-0.2, 0) is 6.42 Å². The van der Waals surface area contributed by atoms with Gasteiger partial charge in [-0.15, -0.1) is 0 Å². The number of hydrogen-bond donors (Lipinski definition) is 1. The number of rotatable bonds is 3. The molecule has 0 atom stereocenters. The second-order valence-corrected chi connectivity index (χ2v) is 5.23. The van der Waals surface area contributed by atoms with Crippen molar-refractivity contribution in [2.75, 3.05) is 18.8 Å². The first-order valence-corrected chi connectivity index (χ1v) is 7.26. The molecule has 4 nitrogen and oxygen atoms in total. The van der Waals surface area contributed by atoms with Gasteiger partial charge in [-0.2, -0.15) is 0 Å². The first-order chi connectivity index (χ1) is 9.20. The maximum Gasteiger partial charge on any atom is 0.254 e. The van der Waals surface area contributed by atoms with Gasteiger partial charge in [0.25, 0.3) is 5.91 Å². The Kier molecular flexibility index (Phi) is 4.77. The third-order valence-corrected chi connectivity index (χ3v) is 3.54. The number of pyridine rings is 1. The topological polar surface area (TPSA) is 59.2 Å². The first kappa shape index (κ1) is 13.8. The molecule has 2 rings (SSSR count). The summed E-state index contributed by atoms with van der Waals surface area (Å²) in [5.41, 5.74) is 7.42. The van der Waals surface area contributed by atoms with Gasteiger partial charge >= 0.3 is 0 Å². The van der Waals surface area contributed by atoms with Crippen molar-refractivity contribution in [1.29, 1.82) is 0 Å². The standard InChI is InChI=1S/C15H23N3O/c1-2-7-13-10-12(11-14(16)17-13)15(19)18-8-5-3-4-6-9-18/h10-11H,2-9H2,1H3,(H2,16,17). The van der Waals surface area contributed by atoms with Crippen molar-refractivity contribution in [3.05, 3.63) is 23.4 Å². The molecule has 2 heterocycles. The molecular formula is C15H23N3O. The number of nitrogens with two attached hydrogens (primary N) is 1. The third-order valence-electron chi connectivity index (χ3n) is 3.54. The Morgan fingerprint density at radius 3 is 2.58 bits per heavy atom. The van der Waals surface area contributed by atoms with Crippen LogP contribution in [0.5, 0.6) is 0 Å². The van der Waals surface area contributed by atoms with Crippen molar-refractivity contribution >= 4 is 11.7 Å². The molecular weight excluding hydrogens is 238 g/mol. The highest BCUT2D eigenvalue weighted by atomic mass is 16.2. The van der Waals surface area contributed by atoms with E-state index in [9.17, 15) is 4.79 Å². The van der Waals surface area contributed by atoms with Gasteiger partial charge in [0.1, 0.15) is 5.82 Å². The zero-order chi connectivity index (χ0) is 13.7. The zero-order valence-electron chi connectivity index (χ0n) is 11.7. The summed E-state index contributed by atoms with van der Waals surface area (Å²) >= 11 is 0. The Morgan fingerprint density at radius 1 is 1.26 bits per heavy atom. The fraction of sp³-hybridized carbons (Fsp3) is 0.600. The minimum atomic E-state index is 0.105. The van der Waals surface area contributed by atoms with E-state index in [1.807, 2.05) is 11.0 Å². The number of anilines is 1. The maximum atomic E-state index is 12.5. The van der Waals surface area contributed by atoms with E-state index in [0.29, 0.717) is 11.4 Å². The fourth-order valence-corrected chi connectivity index (χ4v) is 2.57. The molecule has 19 heavy (non-hydrogen) atoms. The molecule has 1 amide bonds. The smallest absolute Gasteiger partial charge is 0.254 e.